The van der Waals surface area contributed by atoms with Gasteiger partial charge in [0.2, 0.25) is 0 Å². The summed E-state index contributed by atoms with van der Waals surface area (Å²) in [5, 5.41) is 18.2. The first-order chi connectivity index (χ1) is 12.2. The van der Waals surface area contributed by atoms with Crippen LogP contribution in [0.15, 0.2) is 12.1 Å². The molecule has 2 rings (SSSR count). The van der Waals surface area contributed by atoms with Gasteiger partial charge in [0.15, 0.2) is 0 Å². The number of nitriles is 2. The Labute approximate surface area is 180 Å². The predicted molar refractivity (Wildman–Crippen MR) is 105 cm³/mol. The van der Waals surface area contributed by atoms with Gasteiger partial charge in [-0.25, -0.2) is 0 Å². The number of hydrogen-bond donors (Lipinski definition) is 0. The number of halogens is 6. The van der Waals surface area contributed by atoms with E-state index in [4.69, 9.17) is 89.6 Å². The van der Waals surface area contributed by atoms with Crippen molar-refractivity contribution >= 4 is 69.6 Å². The van der Waals surface area contributed by atoms with Crippen LogP contribution >= 0.6 is 69.6 Å². The normalized spacial score (nSPS) is 9.46. The minimum atomic E-state index is -0.0746. The highest BCUT2D eigenvalue weighted by Crippen LogP contribution is 2.40. The highest BCUT2D eigenvalue weighted by molar-refractivity contribution is 6.50. The molecule has 10 heteroatoms. The third-order valence-corrected chi connectivity index (χ3v) is 5.21. The Hall–Kier alpha value is -1.24. The number of benzene rings is 2. The van der Waals surface area contributed by atoms with Crippen LogP contribution in [0, 0.1) is 22.7 Å². The minimum absolute atomic E-state index is 0.0363. The summed E-state index contributed by atoms with van der Waals surface area (Å²) in [5.74, 6) is 1.09. The van der Waals surface area contributed by atoms with Gasteiger partial charge in [0, 0.05) is 12.1 Å². The lowest BCUT2D eigenvalue weighted by atomic mass is 10.1. The van der Waals surface area contributed by atoms with E-state index in [1.54, 1.807) is 24.3 Å². The van der Waals surface area contributed by atoms with Crippen molar-refractivity contribution in [2.24, 2.45) is 0 Å². The molecule has 0 amide bonds. The topological polar surface area (TPSA) is 66.0 Å². The lowest BCUT2D eigenvalue weighted by Gasteiger charge is -2.06. The van der Waals surface area contributed by atoms with Crippen molar-refractivity contribution in [3.63, 3.8) is 0 Å². The summed E-state index contributed by atoms with van der Waals surface area (Å²) in [6, 6.07) is 6.72. The Morgan fingerprint density at radius 1 is 0.654 bits per heavy atom. The molecule has 4 nitrogen and oxygen atoms in total. The van der Waals surface area contributed by atoms with E-state index in [1.807, 2.05) is 0 Å². The summed E-state index contributed by atoms with van der Waals surface area (Å²) in [6.07, 6.45) is 0. The lowest BCUT2D eigenvalue weighted by Crippen LogP contribution is -1.89. The van der Waals surface area contributed by atoms with Crippen LogP contribution < -0.4 is 9.47 Å². The Bertz CT molecular complexity index is 848. The molecule has 0 aliphatic rings. The summed E-state index contributed by atoms with van der Waals surface area (Å²) >= 11 is 34.4. The third-order valence-electron chi connectivity index (χ3n) is 2.91. The highest BCUT2D eigenvalue weighted by atomic mass is 35.5. The van der Waals surface area contributed by atoms with Crippen molar-refractivity contribution in [2.75, 3.05) is 14.2 Å². The number of rotatable bonds is 2. The minimum Gasteiger partial charge on any atom is -0.495 e. The van der Waals surface area contributed by atoms with Crippen molar-refractivity contribution in [1.29, 1.82) is 10.5 Å². The van der Waals surface area contributed by atoms with Gasteiger partial charge in [-0.2, -0.15) is 10.5 Å². The van der Waals surface area contributed by atoms with E-state index in [2.05, 4.69) is 0 Å². The molecule has 0 aliphatic heterocycles. The Balaban J connectivity index is 0.000000263. The molecule has 2 aromatic rings. The van der Waals surface area contributed by atoms with E-state index < -0.39 is 0 Å². The van der Waals surface area contributed by atoms with Gasteiger partial charge in [-0.15, -0.1) is 0 Å². The summed E-state index contributed by atoms with van der Waals surface area (Å²) in [7, 11) is 3.06. The van der Waals surface area contributed by atoms with Crippen LogP contribution in [0.1, 0.15) is 11.1 Å². The maximum absolute atomic E-state index is 8.70. The number of ether oxygens (including phenoxy) is 2. The zero-order valence-electron chi connectivity index (χ0n) is 13.1. The van der Waals surface area contributed by atoms with Crippen LogP contribution in [0.3, 0.4) is 0 Å². The second-order valence-corrected chi connectivity index (χ2v) is 6.68. The average Bonchev–Trinajstić information content (AvgIpc) is 2.63. The molecule has 0 atom stereocenters. The van der Waals surface area contributed by atoms with Crippen LogP contribution in [0.25, 0.3) is 0 Å². The summed E-state index contributed by atoms with van der Waals surface area (Å²) in [6.45, 7) is 0. The zero-order chi connectivity index (χ0) is 20.0. The molecule has 0 saturated carbocycles. The first kappa shape index (κ1) is 22.8. The van der Waals surface area contributed by atoms with Gasteiger partial charge in [-0.3, -0.25) is 0 Å². The van der Waals surface area contributed by atoms with Crippen molar-refractivity contribution in [2.45, 2.75) is 0 Å². The van der Waals surface area contributed by atoms with E-state index in [1.165, 1.54) is 14.2 Å². The van der Waals surface area contributed by atoms with Crippen LogP contribution in [0.4, 0.5) is 0 Å². The van der Waals surface area contributed by atoms with Crippen LogP contribution in [0.2, 0.25) is 30.1 Å². The van der Waals surface area contributed by atoms with Gasteiger partial charge in [0.05, 0.1) is 55.5 Å². The van der Waals surface area contributed by atoms with Crippen molar-refractivity contribution < 1.29 is 9.47 Å². The van der Waals surface area contributed by atoms with E-state index >= 15 is 0 Å². The molecule has 0 N–H and O–H groups in total. The van der Waals surface area contributed by atoms with E-state index in [0.717, 1.165) is 0 Å². The van der Waals surface area contributed by atoms with Gasteiger partial charge < -0.3 is 9.47 Å². The van der Waals surface area contributed by atoms with E-state index in [9.17, 15) is 0 Å². The van der Waals surface area contributed by atoms with Gasteiger partial charge in [0.1, 0.15) is 23.6 Å². The van der Waals surface area contributed by atoms with Gasteiger partial charge in [-0.1, -0.05) is 69.6 Å². The van der Waals surface area contributed by atoms with Crippen LogP contribution in [-0.2, 0) is 0 Å². The molecule has 0 fully saturated rings. The van der Waals surface area contributed by atoms with Crippen LogP contribution in [-0.4, -0.2) is 14.2 Å². The number of hydrogen-bond acceptors (Lipinski definition) is 4. The molecule has 0 aromatic heterocycles. The fourth-order valence-corrected chi connectivity index (χ4v) is 3.18. The third kappa shape index (κ3) is 4.93. The Morgan fingerprint density at radius 3 is 1.27 bits per heavy atom. The quantitative estimate of drug-likeness (QED) is 0.347. The predicted octanol–water partition coefficient (Wildman–Crippen LogP) is 7.05. The molecule has 0 aliphatic carbocycles. The summed E-state index contributed by atoms with van der Waals surface area (Å²) < 4.78 is 9.91. The monoisotopic (exact) mass is 470 g/mol. The molecule has 0 bridgehead atoms. The lowest BCUT2D eigenvalue weighted by molar-refractivity contribution is 0.403. The number of methoxy groups -OCH3 is 2. The first-order valence-electron chi connectivity index (χ1n) is 6.46. The second-order valence-electron chi connectivity index (χ2n) is 4.35. The smallest absolute Gasteiger partial charge is 0.139 e. The largest absolute Gasteiger partial charge is 0.495 e. The Kier molecular flexibility index (Phi) is 8.93. The number of nitrogens with zero attached hydrogens (tertiary/aromatic N) is 2. The second kappa shape index (κ2) is 10.2. The standard InChI is InChI=1S/C8Cl4N2.C8H8Cl2O2/c9-5-3(1-13)6(10)8(12)7(11)4(5)2-14;1-11-7-3-6(10)8(12-2)4-5(7)9/h;3-4H,1-2H3. The molecule has 26 heavy (non-hydrogen) atoms. The average molecular weight is 473 g/mol. The van der Waals surface area contributed by atoms with E-state index in [0.29, 0.717) is 21.5 Å². The van der Waals surface area contributed by atoms with Gasteiger partial charge in [-0.05, 0) is 0 Å². The highest BCUT2D eigenvalue weighted by Gasteiger charge is 2.19. The molecule has 0 radical (unpaired) electrons. The molecule has 0 saturated heterocycles. The SMILES string of the molecule is COc1cc(Cl)c(OC)cc1Cl.N#Cc1c(Cl)c(Cl)c(Cl)c(C#N)c1Cl. The maximum Gasteiger partial charge on any atom is 0.139 e. The molecule has 2 aromatic carbocycles. The van der Waals surface area contributed by atoms with E-state index in [-0.39, 0.29) is 31.2 Å². The molecular weight excluding hydrogens is 465 g/mol. The molecule has 0 heterocycles. The van der Waals surface area contributed by atoms with Gasteiger partial charge in [0.25, 0.3) is 0 Å². The van der Waals surface area contributed by atoms with Crippen molar-refractivity contribution in [3.05, 3.63) is 53.4 Å². The molecule has 136 valence electrons. The van der Waals surface area contributed by atoms with Gasteiger partial charge >= 0.3 is 0 Å². The fourth-order valence-electron chi connectivity index (χ4n) is 1.65. The zero-order valence-corrected chi connectivity index (χ0v) is 17.7. The van der Waals surface area contributed by atoms with Crippen molar-refractivity contribution in [1.82, 2.24) is 0 Å². The summed E-state index contributed by atoms with van der Waals surface area (Å²) in [4.78, 5) is 0. The summed E-state index contributed by atoms with van der Waals surface area (Å²) in [5.41, 5.74) is -0.0847. The Morgan fingerprint density at radius 2 is 1.00 bits per heavy atom. The molecule has 0 spiro atoms. The maximum atomic E-state index is 8.70. The fraction of sp³-hybridized carbons (Fsp3) is 0.125. The van der Waals surface area contributed by atoms with Crippen molar-refractivity contribution in [3.8, 4) is 23.6 Å². The molecular formula is C16H8Cl6N2O2. The van der Waals surface area contributed by atoms with Crippen LogP contribution in [0.5, 0.6) is 11.5 Å². The molecule has 0 unspecified atom stereocenters. The first-order valence-corrected chi connectivity index (χ1v) is 8.73.